The lowest BCUT2D eigenvalue weighted by molar-refractivity contribution is 0.101. The number of carbonyl (C=O) groups is 1. The Hall–Kier alpha value is -1.88. The van der Waals surface area contributed by atoms with Gasteiger partial charge in [-0.05, 0) is 12.1 Å². The lowest BCUT2D eigenvalue weighted by Gasteiger charge is -2.02. The van der Waals surface area contributed by atoms with E-state index in [4.69, 9.17) is 11.6 Å². The SMILES string of the molecule is O=C(Nc1ncccc1Cl)c1ccon1. The first kappa shape index (κ1) is 9.67. The molecule has 2 heterocycles. The molecule has 0 saturated heterocycles. The number of pyridine rings is 1. The largest absolute Gasteiger partial charge is 0.364 e. The third-order valence-corrected chi connectivity index (χ3v) is 1.97. The van der Waals surface area contributed by atoms with Gasteiger partial charge in [-0.15, -0.1) is 0 Å². The summed E-state index contributed by atoms with van der Waals surface area (Å²) in [5, 5.41) is 6.36. The van der Waals surface area contributed by atoms with Crippen LogP contribution >= 0.6 is 11.6 Å². The van der Waals surface area contributed by atoms with Crippen LogP contribution in [0.25, 0.3) is 0 Å². The summed E-state index contributed by atoms with van der Waals surface area (Å²) in [6.07, 6.45) is 2.85. The molecule has 0 unspecified atom stereocenters. The van der Waals surface area contributed by atoms with Crippen LogP contribution in [0, 0.1) is 0 Å². The van der Waals surface area contributed by atoms with Crippen LogP contribution in [-0.4, -0.2) is 16.0 Å². The van der Waals surface area contributed by atoms with Gasteiger partial charge in [-0.25, -0.2) is 4.98 Å². The molecule has 76 valence electrons. The van der Waals surface area contributed by atoms with E-state index in [1.165, 1.54) is 18.5 Å². The molecule has 0 atom stereocenters. The number of aromatic nitrogens is 2. The number of hydrogen-bond acceptors (Lipinski definition) is 4. The van der Waals surface area contributed by atoms with Crippen LogP contribution in [0.4, 0.5) is 5.82 Å². The normalized spacial score (nSPS) is 9.93. The average molecular weight is 224 g/mol. The summed E-state index contributed by atoms with van der Waals surface area (Å²) in [5.74, 6) is -0.114. The summed E-state index contributed by atoms with van der Waals surface area (Å²) in [4.78, 5) is 15.4. The number of amides is 1. The van der Waals surface area contributed by atoms with E-state index < -0.39 is 5.91 Å². The van der Waals surface area contributed by atoms with Crippen molar-refractivity contribution in [2.24, 2.45) is 0 Å². The number of carbonyl (C=O) groups excluding carboxylic acids is 1. The molecular weight excluding hydrogens is 218 g/mol. The molecule has 0 aliphatic carbocycles. The number of rotatable bonds is 2. The van der Waals surface area contributed by atoms with Crippen molar-refractivity contribution in [2.75, 3.05) is 5.32 Å². The van der Waals surface area contributed by atoms with Crippen LogP contribution in [0.2, 0.25) is 5.02 Å². The average Bonchev–Trinajstić information content (AvgIpc) is 2.74. The fourth-order valence-corrected chi connectivity index (χ4v) is 1.15. The molecule has 1 N–H and O–H groups in total. The molecule has 0 bridgehead atoms. The van der Waals surface area contributed by atoms with E-state index in [9.17, 15) is 4.79 Å². The van der Waals surface area contributed by atoms with Crippen molar-refractivity contribution in [3.63, 3.8) is 0 Å². The molecule has 0 saturated carbocycles. The summed E-state index contributed by atoms with van der Waals surface area (Å²) >= 11 is 5.81. The quantitative estimate of drug-likeness (QED) is 0.845. The monoisotopic (exact) mass is 223 g/mol. The summed E-state index contributed by atoms with van der Waals surface area (Å²) in [6.45, 7) is 0. The van der Waals surface area contributed by atoms with Gasteiger partial charge in [0.05, 0.1) is 5.02 Å². The summed E-state index contributed by atoms with van der Waals surface area (Å²) in [7, 11) is 0. The standard InChI is InChI=1S/C9H6ClN3O2/c10-6-2-1-4-11-8(6)12-9(14)7-3-5-15-13-7/h1-5H,(H,11,12,14). The van der Waals surface area contributed by atoms with Gasteiger partial charge in [0.15, 0.2) is 11.5 Å². The van der Waals surface area contributed by atoms with Gasteiger partial charge in [0.2, 0.25) is 0 Å². The van der Waals surface area contributed by atoms with Gasteiger partial charge in [-0.3, -0.25) is 4.79 Å². The first-order chi connectivity index (χ1) is 7.27. The number of halogens is 1. The molecule has 2 aromatic heterocycles. The number of hydrogen-bond donors (Lipinski definition) is 1. The second-order valence-electron chi connectivity index (χ2n) is 2.67. The molecule has 2 rings (SSSR count). The maximum absolute atomic E-state index is 11.5. The van der Waals surface area contributed by atoms with Crippen LogP contribution in [0.1, 0.15) is 10.5 Å². The van der Waals surface area contributed by atoms with Crippen LogP contribution in [0.5, 0.6) is 0 Å². The highest BCUT2D eigenvalue weighted by Gasteiger charge is 2.11. The van der Waals surface area contributed by atoms with Gasteiger partial charge < -0.3 is 9.84 Å². The van der Waals surface area contributed by atoms with Crippen molar-refractivity contribution in [2.45, 2.75) is 0 Å². The highest BCUT2D eigenvalue weighted by molar-refractivity contribution is 6.33. The highest BCUT2D eigenvalue weighted by Crippen LogP contribution is 2.17. The van der Waals surface area contributed by atoms with E-state index in [1.807, 2.05) is 0 Å². The van der Waals surface area contributed by atoms with Gasteiger partial charge in [0.1, 0.15) is 6.26 Å². The van der Waals surface area contributed by atoms with Gasteiger partial charge in [0.25, 0.3) is 5.91 Å². The number of anilines is 1. The third kappa shape index (κ3) is 2.13. The summed E-state index contributed by atoms with van der Waals surface area (Å²) in [6, 6.07) is 4.76. The zero-order valence-corrected chi connectivity index (χ0v) is 8.23. The third-order valence-electron chi connectivity index (χ3n) is 1.66. The van der Waals surface area contributed by atoms with Crippen LogP contribution in [0.15, 0.2) is 35.2 Å². The lowest BCUT2D eigenvalue weighted by atomic mass is 10.4. The van der Waals surface area contributed by atoms with E-state index >= 15 is 0 Å². The zero-order chi connectivity index (χ0) is 10.7. The molecule has 5 nitrogen and oxygen atoms in total. The minimum absolute atomic E-state index is 0.178. The molecule has 0 spiro atoms. The van der Waals surface area contributed by atoms with Crippen molar-refractivity contribution in [3.05, 3.63) is 41.4 Å². The summed E-state index contributed by atoms with van der Waals surface area (Å²) in [5.41, 5.74) is 0.178. The van der Waals surface area contributed by atoms with E-state index in [0.29, 0.717) is 10.8 Å². The van der Waals surface area contributed by atoms with E-state index in [2.05, 4.69) is 20.0 Å². The second kappa shape index (κ2) is 4.10. The molecule has 0 fully saturated rings. The predicted octanol–water partition coefficient (Wildman–Crippen LogP) is 1.98. The van der Waals surface area contributed by atoms with E-state index in [-0.39, 0.29) is 5.69 Å². The minimum Gasteiger partial charge on any atom is -0.364 e. The Morgan fingerprint density at radius 2 is 2.33 bits per heavy atom. The zero-order valence-electron chi connectivity index (χ0n) is 7.48. The van der Waals surface area contributed by atoms with Crippen molar-refractivity contribution in [1.82, 2.24) is 10.1 Å². The van der Waals surface area contributed by atoms with Crippen molar-refractivity contribution in [1.29, 1.82) is 0 Å². The van der Waals surface area contributed by atoms with Crippen molar-refractivity contribution >= 4 is 23.3 Å². The predicted molar refractivity (Wildman–Crippen MR) is 53.7 cm³/mol. The lowest BCUT2D eigenvalue weighted by Crippen LogP contribution is -2.13. The first-order valence-electron chi connectivity index (χ1n) is 4.09. The number of nitrogens with zero attached hydrogens (tertiary/aromatic N) is 2. The Balaban J connectivity index is 2.17. The molecule has 15 heavy (non-hydrogen) atoms. The van der Waals surface area contributed by atoms with Crippen molar-refractivity contribution < 1.29 is 9.32 Å². The Bertz CT molecular complexity index is 470. The molecule has 1 amide bonds. The van der Waals surface area contributed by atoms with Gasteiger partial charge in [0, 0.05) is 12.3 Å². The molecule has 6 heteroatoms. The van der Waals surface area contributed by atoms with Gasteiger partial charge in [-0.1, -0.05) is 16.8 Å². The maximum atomic E-state index is 11.5. The smallest absolute Gasteiger partial charge is 0.279 e. The summed E-state index contributed by atoms with van der Waals surface area (Å²) < 4.78 is 4.54. The van der Waals surface area contributed by atoms with Gasteiger partial charge in [-0.2, -0.15) is 0 Å². The van der Waals surface area contributed by atoms with Crippen LogP contribution in [-0.2, 0) is 0 Å². The second-order valence-corrected chi connectivity index (χ2v) is 3.08. The Labute approximate surface area is 90.1 Å². The topological polar surface area (TPSA) is 68.0 Å². The first-order valence-corrected chi connectivity index (χ1v) is 4.47. The molecule has 0 aromatic carbocycles. The Kier molecular flexibility index (Phi) is 2.64. The fourth-order valence-electron chi connectivity index (χ4n) is 0.979. The fraction of sp³-hybridized carbons (Fsp3) is 0. The Morgan fingerprint density at radius 3 is 3.00 bits per heavy atom. The highest BCUT2D eigenvalue weighted by atomic mass is 35.5. The van der Waals surface area contributed by atoms with Crippen LogP contribution in [0.3, 0.4) is 0 Å². The Morgan fingerprint density at radius 1 is 1.47 bits per heavy atom. The van der Waals surface area contributed by atoms with Crippen LogP contribution < -0.4 is 5.32 Å². The molecular formula is C9H6ClN3O2. The van der Waals surface area contributed by atoms with Crippen molar-refractivity contribution in [3.8, 4) is 0 Å². The molecule has 0 radical (unpaired) electrons. The maximum Gasteiger partial charge on any atom is 0.279 e. The minimum atomic E-state index is -0.413. The molecule has 0 aliphatic heterocycles. The molecule has 2 aromatic rings. The van der Waals surface area contributed by atoms with E-state index in [0.717, 1.165) is 0 Å². The van der Waals surface area contributed by atoms with Gasteiger partial charge >= 0.3 is 0 Å². The van der Waals surface area contributed by atoms with E-state index in [1.54, 1.807) is 12.1 Å². The molecule has 0 aliphatic rings. The number of nitrogens with one attached hydrogen (secondary N) is 1.